The van der Waals surface area contributed by atoms with E-state index in [1.807, 2.05) is 31.2 Å². The summed E-state index contributed by atoms with van der Waals surface area (Å²) in [4.78, 5) is 11.2. The molecular weight excluding hydrogens is 269 g/mol. The van der Waals surface area contributed by atoms with E-state index in [1.165, 1.54) is 16.8 Å². The molecule has 1 aromatic heterocycles. The van der Waals surface area contributed by atoms with Crippen molar-refractivity contribution >= 4 is 6.29 Å². The van der Waals surface area contributed by atoms with Crippen molar-refractivity contribution in [2.45, 2.75) is 6.92 Å². The molecule has 0 bridgehead atoms. The average Bonchev–Trinajstić information content (AvgIpc) is 2.92. The molecule has 4 nitrogen and oxygen atoms in total. The van der Waals surface area contributed by atoms with Crippen LogP contribution in [0.5, 0.6) is 0 Å². The number of aromatic nitrogens is 3. The van der Waals surface area contributed by atoms with E-state index >= 15 is 0 Å². The Morgan fingerprint density at radius 1 is 1.14 bits per heavy atom. The van der Waals surface area contributed by atoms with Gasteiger partial charge in [-0.15, -0.1) is 5.10 Å². The van der Waals surface area contributed by atoms with Crippen molar-refractivity contribution in [2.75, 3.05) is 0 Å². The molecule has 0 saturated carbocycles. The average molecular weight is 281 g/mol. The lowest BCUT2D eigenvalue weighted by Crippen LogP contribution is -2.00. The Kier molecular flexibility index (Phi) is 3.31. The minimum Gasteiger partial charge on any atom is -0.296 e. The van der Waals surface area contributed by atoms with E-state index in [9.17, 15) is 9.18 Å². The number of rotatable bonds is 3. The van der Waals surface area contributed by atoms with Crippen LogP contribution in [0.25, 0.3) is 16.9 Å². The third-order valence-electron chi connectivity index (χ3n) is 3.18. The first-order valence-corrected chi connectivity index (χ1v) is 6.43. The maximum absolute atomic E-state index is 13.4. The standard InChI is InChI=1S/C16H12FN3O/c1-11-5-7-14(8-6-11)20-16(15(10-21)18-19-20)12-3-2-4-13(17)9-12/h2-10H,1H3. The summed E-state index contributed by atoms with van der Waals surface area (Å²) >= 11 is 0. The molecule has 5 heteroatoms. The van der Waals surface area contributed by atoms with E-state index in [2.05, 4.69) is 10.3 Å². The minimum absolute atomic E-state index is 0.182. The van der Waals surface area contributed by atoms with Crippen molar-refractivity contribution in [1.29, 1.82) is 0 Å². The Bertz CT molecular complexity index is 794. The number of carbonyl (C=O) groups excluding carboxylic acids is 1. The molecule has 3 rings (SSSR count). The molecule has 0 amide bonds. The second-order valence-corrected chi connectivity index (χ2v) is 4.70. The van der Waals surface area contributed by atoms with Gasteiger partial charge in [0.1, 0.15) is 11.5 Å². The molecule has 0 aliphatic carbocycles. The number of aldehydes is 1. The predicted octanol–water partition coefficient (Wildman–Crippen LogP) is 3.19. The van der Waals surface area contributed by atoms with Gasteiger partial charge < -0.3 is 0 Å². The Morgan fingerprint density at radius 2 is 1.90 bits per heavy atom. The van der Waals surface area contributed by atoms with Gasteiger partial charge >= 0.3 is 0 Å². The van der Waals surface area contributed by atoms with Gasteiger partial charge in [0.2, 0.25) is 0 Å². The highest BCUT2D eigenvalue weighted by atomic mass is 19.1. The fourth-order valence-corrected chi connectivity index (χ4v) is 2.15. The first-order chi connectivity index (χ1) is 10.2. The smallest absolute Gasteiger partial charge is 0.172 e. The summed E-state index contributed by atoms with van der Waals surface area (Å²) in [5.74, 6) is -0.374. The summed E-state index contributed by atoms with van der Waals surface area (Å²) in [7, 11) is 0. The molecule has 0 aliphatic rings. The zero-order valence-corrected chi connectivity index (χ0v) is 11.3. The molecule has 0 saturated heterocycles. The lowest BCUT2D eigenvalue weighted by atomic mass is 10.1. The summed E-state index contributed by atoms with van der Waals surface area (Å²) in [6.07, 6.45) is 0.623. The second-order valence-electron chi connectivity index (χ2n) is 4.70. The molecule has 0 radical (unpaired) electrons. The summed E-state index contributed by atoms with van der Waals surface area (Å²) < 4.78 is 15.0. The first kappa shape index (κ1) is 13.2. The fourth-order valence-electron chi connectivity index (χ4n) is 2.15. The number of hydrogen-bond donors (Lipinski definition) is 0. The van der Waals surface area contributed by atoms with Crippen LogP contribution in [0.1, 0.15) is 16.1 Å². The molecule has 104 valence electrons. The molecule has 0 aliphatic heterocycles. The van der Waals surface area contributed by atoms with Crippen LogP contribution in [0, 0.1) is 12.7 Å². The maximum atomic E-state index is 13.4. The Labute approximate surface area is 120 Å². The summed E-state index contributed by atoms with van der Waals surface area (Å²) in [5.41, 5.74) is 3.10. The van der Waals surface area contributed by atoms with Crippen LogP contribution < -0.4 is 0 Å². The number of carbonyl (C=O) groups is 1. The third kappa shape index (κ3) is 2.45. The van der Waals surface area contributed by atoms with Gasteiger partial charge in [-0.25, -0.2) is 9.07 Å². The monoisotopic (exact) mass is 281 g/mol. The molecule has 3 aromatic rings. The molecule has 1 heterocycles. The van der Waals surface area contributed by atoms with Crippen LogP contribution in [-0.4, -0.2) is 21.3 Å². The zero-order chi connectivity index (χ0) is 14.8. The molecule has 2 aromatic carbocycles. The number of nitrogens with zero attached hydrogens (tertiary/aromatic N) is 3. The van der Waals surface area contributed by atoms with Crippen LogP contribution in [0.3, 0.4) is 0 Å². The van der Waals surface area contributed by atoms with Crippen LogP contribution in [0.15, 0.2) is 48.5 Å². The Hall–Kier alpha value is -2.82. The topological polar surface area (TPSA) is 47.8 Å². The highest BCUT2D eigenvalue weighted by Gasteiger charge is 2.16. The van der Waals surface area contributed by atoms with Gasteiger partial charge in [0.05, 0.1) is 5.69 Å². The van der Waals surface area contributed by atoms with Gasteiger partial charge in [-0.3, -0.25) is 4.79 Å². The van der Waals surface area contributed by atoms with Crippen LogP contribution >= 0.6 is 0 Å². The molecule has 0 N–H and O–H groups in total. The molecule has 21 heavy (non-hydrogen) atoms. The number of hydrogen-bond acceptors (Lipinski definition) is 3. The molecule has 0 spiro atoms. The van der Waals surface area contributed by atoms with Gasteiger partial charge in [-0.2, -0.15) is 0 Å². The van der Waals surface area contributed by atoms with E-state index in [1.54, 1.807) is 12.1 Å². The van der Waals surface area contributed by atoms with Crippen molar-refractivity contribution in [3.8, 4) is 16.9 Å². The van der Waals surface area contributed by atoms with Gasteiger partial charge in [0, 0.05) is 5.56 Å². The van der Waals surface area contributed by atoms with Crippen LogP contribution in [0.4, 0.5) is 4.39 Å². The highest BCUT2D eigenvalue weighted by molar-refractivity contribution is 5.83. The Morgan fingerprint density at radius 3 is 2.57 bits per heavy atom. The minimum atomic E-state index is -0.374. The van der Waals surface area contributed by atoms with E-state index in [4.69, 9.17) is 0 Å². The van der Waals surface area contributed by atoms with Gasteiger partial charge in [-0.05, 0) is 31.2 Å². The normalized spacial score (nSPS) is 10.6. The van der Waals surface area contributed by atoms with Gasteiger partial charge in [0.15, 0.2) is 12.0 Å². The predicted molar refractivity (Wildman–Crippen MR) is 76.9 cm³/mol. The summed E-state index contributed by atoms with van der Waals surface area (Å²) in [5, 5.41) is 7.87. The molecular formula is C16H12FN3O. The van der Waals surface area contributed by atoms with Crippen molar-refractivity contribution in [2.24, 2.45) is 0 Å². The van der Waals surface area contributed by atoms with E-state index < -0.39 is 0 Å². The third-order valence-corrected chi connectivity index (χ3v) is 3.18. The first-order valence-electron chi connectivity index (χ1n) is 6.43. The quantitative estimate of drug-likeness (QED) is 0.693. The lowest BCUT2D eigenvalue weighted by Gasteiger charge is -2.07. The van der Waals surface area contributed by atoms with Crippen molar-refractivity contribution in [3.05, 3.63) is 65.6 Å². The van der Waals surface area contributed by atoms with Crippen molar-refractivity contribution < 1.29 is 9.18 Å². The zero-order valence-electron chi connectivity index (χ0n) is 11.3. The number of benzene rings is 2. The van der Waals surface area contributed by atoms with Gasteiger partial charge in [0.25, 0.3) is 0 Å². The summed E-state index contributed by atoms with van der Waals surface area (Å²) in [6.45, 7) is 1.98. The van der Waals surface area contributed by atoms with E-state index in [0.29, 0.717) is 17.5 Å². The second kappa shape index (κ2) is 5.28. The SMILES string of the molecule is Cc1ccc(-n2nnc(C=O)c2-c2cccc(F)c2)cc1. The van der Waals surface area contributed by atoms with E-state index in [0.717, 1.165) is 11.3 Å². The lowest BCUT2D eigenvalue weighted by molar-refractivity contribution is 0.111. The van der Waals surface area contributed by atoms with E-state index in [-0.39, 0.29) is 11.5 Å². The molecule has 0 fully saturated rings. The van der Waals surface area contributed by atoms with Gasteiger partial charge in [-0.1, -0.05) is 35.0 Å². The van der Waals surface area contributed by atoms with Crippen LogP contribution in [0.2, 0.25) is 0 Å². The maximum Gasteiger partial charge on any atom is 0.172 e. The fraction of sp³-hybridized carbons (Fsp3) is 0.0625. The van der Waals surface area contributed by atoms with Crippen molar-refractivity contribution in [3.63, 3.8) is 0 Å². The number of aryl methyl sites for hydroxylation is 1. The number of halogens is 1. The largest absolute Gasteiger partial charge is 0.296 e. The van der Waals surface area contributed by atoms with Crippen molar-refractivity contribution in [1.82, 2.24) is 15.0 Å². The summed E-state index contributed by atoms with van der Waals surface area (Å²) in [6, 6.07) is 13.6. The van der Waals surface area contributed by atoms with Crippen LogP contribution in [-0.2, 0) is 0 Å². The Balaban J connectivity index is 2.21. The highest BCUT2D eigenvalue weighted by Crippen LogP contribution is 2.25. The molecule has 0 atom stereocenters. The molecule has 0 unspecified atom stereocenters.